The molecule has 0 aromatic heterocycles. The van der Waals surface area contributed by atoms with Crippen LogP contribution < -0.4 is 5.32 Å². The molecule has 1 rings (SSSR count). The van der Waals surface area contributed by atoms with E-state index >= 15 is 0 Å². The normalized spacial score (nSPS) is 25.7. The summed E-state index contributed by atoms with van der Waals surface area (Å²) in [5.74, 6) is -0.115. The SMILES string of the molecule is C[C@@H](N=[N+]=[N-])[C@@H]1CNC1=O. The first kappa shape index (κ1) is 6.89. The molecule has 10 heavy (non-hydrogen) atoms. The van der Waals surface area contributed by atoms with E-state index in [1.165, 1.54) is 0 Å². The highest BCUT2D eigenvalue weighted by Crippen LogP contribution is 2.13. The lowest BCUT2D eigenvalue weighted by Crippen LogP contribution is -2.52. The Kier molecular flexibility index (Phi) is 1.78. The molecular formula is C5H8N4O. The van der Waals surface area contributed by atoms with Gasteiger partial charge in [-0.1, -0.05) is 12.0 Å². The van der Waals surface area contributed by atoms with E-state index < -0.39 is 0 Å². The molecule has 0 aromatic carbocycles. The second-order valence-electron chi connectivity index (χ2n) is 2.30. The molecule has 0 radical (unpaired) electrons. The lowest BCUT2D eigenvalue weighted by Gasteiger charge is -2.28. The summed E-state index contributed by atoms with van der Waals surface area (Å²) >= 11 is 0. The summed E-state index contributed by atoms with van der Waals surface area (Å²) in [7, 11) is 0. The smallest absolute Gasteiger partial charge is 0.225 e. The van der Waals surface area contributed by atoms with Gasteiger partial charge in [0.05, 0.1) is 5.92 Å². The first-order valence-corrected chi connectivity index (χ1v) is 3.07. The summed E-state index contributed by atoms with van der Waals surface area (Å²) in [5, 5.41) is 5.99. The molecular weight excluding hydrogens is 132 g/mol. The van der Waals surface area contributed by atoms with E-state index in [-0.39, 0.29) is 17.9 Å². The molecule has 0 unspecified atom stereocenters. The van der Waals surface area contributed by atoms with E-state index in [1.807, 2.05) is 0 Å². The fraction of sp³-hybridized carbons (Fsp3) is 0.800. The van der Waals surface area contributed by atoms with Crippen LogP contribution in [-0.4, -0.2) is 18.5 Å². The molecule has 54 valence electrons. The number of nitrogens with one attached hydrogen (secondary N) is 1. The molecule has 1 heterocycles. The van der Waals surface area contributed by atoms with Crippen molar-refractivity contribution in [1.29, 1.82) is 0 Å². The number of amides is 1. The van der Waals surface area contributed by atoms with E-state index in [0.29, 0.717) is 6.54 Å². The van der Waals surface area contributed by atoms with Crippen LogP contribution in [0.15, 0.2) is 5.11 Å². The molecule has 1 aliphatic heterocycles. The maximum Gasteiger partial charge on any atom is 0.225 e. The van der Waals surface area contributed by atoms with Gasteiger partial charge in [0.1, 0.15) is 0 Å². The van der Waals surface area contributed by atoms with Gasteiger partial charge in [-0.3, -0.25) is 4.79 Å². The summed E-state index contributed by atoms with van der Waals surface area (Å²) < 4.78 is 0. The monoisotopic (exact) mass is 140 g/mol. The van der Waals surface area contributed by atoms with Crippen molar-refractivity contribution in [2.45, 2.75) is 13.0 Å². The molecule has 0 saturated carbocycles. The summed E-state index contributed by atoms with van der Waals surface area (Å²) in [6, 6.07) is -0.209. The molecule has 5 nitrogen and oxygen atoms in total. The van der Waals surface area contributed by atoms with E-state index in [1.54, 1.807) is 6.92 Å². The zero-order valence-corrected chi connectivity index (χ0v) is 5.61. The van der Waals surface area contributed by atoms with E-state index in [9.17, 15) is 4.79 Å². The molecule has 0 aromatic rings. The van der Waals surface area contributed by atoms with Gasteiger partial charge < -0.3 is 5.32 Å². The summed E-state index contributed by atoms with van der Waals surface area (Å²) in [4.78, 5) is 13.3. The maximum absolute atomic E-state index is 10.7. The van der Waals surface area contributed by atoms with Gasteiger partial charge in [0.15, 0.2) is 0 Å². The van der Waals surface area contributed by atoms with Gasteiger partial charge in [0, 0.05) is 17.5 Å². The number of nitrogens with zero attached hydrogens (tertiary/aromatic N) is 3. The predicted octanol–water partition coefficient (Wildman–Crippen LogP) is 0.431. The molecule has 5 heteroatoms. The zero-order valence-electron chi connectivity index (χ0n) is 5.61. The van der Waals surface area contributed by atoms with Crippen molar-refractivity contribution in [2.75, 3.05) is 6.54 Å². The minimum atomic E-state index is -0.209. The van der Waals surface area contributed by atoms with Crippen LogP contribution in [-0.2, 0) is 4.79 Å². The number of hydrogen-bond acceptors (Lipinski definition) is 2. The number of rotatable bonds is 2. The molecule has 1 N–H and O–H groups in total. The lowest BCUT2D eigenvalue weighted by molar-refractivity contribution is -0.131. The Bertz CT molecular complexity index is 194. The third-order valence-corrected chi connectivity index (χ3v) is 1.65. The molecule has 1 aliphatic rings. The maximum atomic E-state index is 10.7. The third kappa shape index (κ3) is 1.04. The molecule has 1 amide bonds. The Hall–Kier alpha value is -1.22. The molecule has 0 aliphatic carbocycles. The minimum absolute atomic E-state index is 0.0140. The van der Waals surface area contributed by atoms with Gasteiger partial charge in [0.2, 0.25) is 5.91 Å². The first-order valence-electron chi connectivity index (χ1n) is 3.07. The van der Waals surface area contributed by atoms with E-state index in [2.05, 4.69) is 15.3 Å². The van der Waals surface area contributed by atoms with E-state index in [0.717, 1.165) is 0 Å². The average Bonchev–Trinajstić information content (AvgIpc) is 1.85. The number of hydrogen-bond donors (Lipinski definition) is 1. The van der Waals surface area contributed by atoms with Gasteiger partial charge in [-0.15, -0.1) is 0 Å². The molecule has 0 bridgehead atoms. The van der Waals surface area contributed by atoms with Crippen molar-refractivity contribution in [2.24, 2.45) is 11.0 Å². The highest BCUT2D eigenvalue weighted by Gasteiger charge is 2.31. The summed E-state index contributed by atoms with van der Waals surface area (Å²) in [5.41, 5.74) is 8.02. The number of β-lactam (4-membered cyclic amide) rings is 1. The van der Waals surface area contributed by atoms with Gasteiger partial charge in [-0.05, 0) is 5.53 Å². The highest BCUT2D eigenvalue weighted by atomic mass is 16.2. The topological polar surface area (TPSA) is 77.9 Å². The standard InChI is InChI=1S/C5H8N4O/c1-3(8-9-6)4-2-7-5(4)10/h3-4H,2H2,1H3,(H,7,10)/t3-,4+/m1/s1. The van der Waals surface area contributed by atoms with Crippen molar-refractivity contribution < 1.29 is 4.79 Å². The molecule has 0 spiro atoms. The van der Waals surface area contributed by atoms with Crippen molar-refractivity contribution in [3.05, 3.63) is 10.4 Å². The number of carbonyl (C=O) groups excluding carboxylic acids is 1. The lowest BCUT2D eigenvalue weighted by atomic mass is 9.95. The fourth-order valence-electron chi connectivity index (χ4n) is 0.855. The quantitative estimate of drug-likeness (QED) is 0.257. The van der Waals surface area contributed by atoms with Crippen molar-refractivity contribution in [1.82, 2.24) is 5.32 Å². The van der Waals surface area contributed by atoms with Crippen LogP contribution in [0.4, 0.5) is 0 Å². The van der Waals surface area contributed by atoms with Crippen LogP contribution in [0.3, 0.4) is 0 Å². The van der Waals surface area contributed by atoms with E-state index in [4.69, 9.17) is 5.53 Å². The van der Waals surface area contributed by atoms with Gasteiger partial charge in [0.25, 0.3) is 0 Å². The number of carbonyl (C=O) groups is 1. The van der Waals surface area contributed by atoms with Crippen molar-refractivity contribution >= 4 is 5.91 Å². The Morgan fingerprint density at radius 1 is 2.00 bits per heavy atom. The first-order chi connectivity index (χ1) is 4.75. The van der Waals surface area contributed by atoms with Crippen LogP contribution in [0.25, 0.3) is 10.4 Å². The second kappa shape index (κ2) is 2.58. The Balaban J connectivity index is 2.48. The van der Waals surface area contributed by atoms with Crippen LogP contribution in [0.2, 0.25) is 0 Å². The Morgan fingerprint density at radius 2 is 2.70 bits per heavy atom. The Labute approximate surface area is 58.0 Å². The largest absolute Gasteiger partial charge is 0.355 e. The third-order valence-electron chi connectivity index (χ3n) is 1.65. The molecule has 2 atom stereocenters. The van der Waals surface area contributed by atoms with Crippen LogP contribution in [0.5, 0.6) is 0 Å². The van der Waals surface area contributed by atoms with Crippen molar-refractivity contribution in [3.63, 3.8) is 0 Å². The Morgan fingerprint density at radius 3 is 3.00 bits per heavy atom. The highest BCUT2D eigenvalue weighted by molar-refractivity contribution is 5.85. The van der Waals surface area contributed by atoms with Gasteiger partial charge in [-0.25, -0.2) is 0 Å². The fourth-order valence-corrected chi connectivity index (χ4v) is 0.855. The molecule has 1 saturated heterocycles. The second-order valence-corrected chi connectivity index (χ2v) is 2.30. The predicted molar refractivity (Wildman–Crippen MR) is 35.1 cm³/mol. The van der Waals surface area contributed by atoms with Crippen LogP contribution in [0.1, 0.15) is 6.92 Å². The average molecular weight is 140 g/mol. The minimum Gasteiger partial charge on any atom is -0.355 e. The van der Waals surface area contributed by atoms with Crippen LogP contribution >= 0.6 is 0 Å². The molecule has 1 fully saturated rings. The van der Waals surface area contributed by atoms with Crippen LogP contribution in [0, 0.1) is 5.92 Å². The summed E-state index contributed by atoms with van der Waals surface area (Å²) in [6.07, 6.45) is 0. The zero-order chi connectivity index (χ0) is 7.56. The summed E-state index contributed by atoms with van der Waals surface area (Å²) in [6.45, 7) is 2.38. The van der Waals surface area contributed by atoms with Crippen molar-refractivity contribution in [3.8, 4) is 0 Å². The number of azide groups is 1. The van der Waals surface area contributed by atoms with Gasteiger partial charge >= 0.3 is 0 Å². The van der Waals surface area contributed by atoms with Gasteiger partial charge in [-0.2, -0.15) is 0 Å².